The second-order valence-corrected chi connectivity index (χ2v) is 5.16. The van der Waals surface area contributed by atoms with Gasteiger partial charge in [-0.3, -0.25) is 0 Å². The Kier molecular flexibility index (Phi) is 4.02. The van der Waals surface area contributed by atoms with E-state index in [1.165, 1.54) is 22.3 Å². The first kappa shape index (κ1) is 13.4. The maximum Gasteiger partial charge on any atom is 0.119 e. The van der Waals surface area contributed by atoms with E-state index in [1.807, 2.05) is 18.2 Å². The predicted molar refractivity (Wildman–Crippen MR) is 87.4 cm³/mol. The van der Waals surface area contributed by atoms with Crippen molar-refractivity contribution in [3.63, 3.8) is 0 Å². The van der Waals surface area contributed by atoms with Gasteiger partial charge in [-0.1, -0.05) is 72.3 Å². The van der Waals surface area contributed by atoms with Gasteiger partial charge in [0.15, 0.2) is 0 Å². The molecule has 0 aliphatic rings. The molecule has 3 aromatic rings. The van der Waals surface area contributed by atoms with Crippen molar-refractivity contribution in [1.82, 2.24) is 0 Å². The lowest BCUT2D eigenvalue weighted by Crippen LogP contribution is -1.95. The first-order valence-electron chi connectivity index (χ1n) is 7.15. The fourth-order valence-electron chi connectivity index (χ4n) is 2.23. The molecule has 1 heteroatoms. The molecule has 0 spiro atoms. The van der Waals surface area contributed by atoms with Crippen LogP contribution < -0.4 is 4.74 Å². The third-order valence-corrected chi connectivity index (χ3v) is 3.49. The van der Waals surface area contributed by atoms with Gasteiger partial charge in [0, 0.05) is 0 Å². The fraction of sp³-hybridized carbons (Fsp3) is 0.100. The van der Waals surface area contributed by atoms with Crippen LogP contribution in [0.25, 0.3) is 11.1 Å². The van der Waals surface area contributed by atoms with Crippen molar-refractivity contribution in [2.24, 2.45) is 0 Å². The van der Waals surface area contributed by atoms with E-state index < -0.39 is 0 Å². The Balaban J connectivity index is 1.66. The van der Waals surface area contributed by atoms with Gasteiger partial charge in [-0.05, 0) is 35.7 Å². The lowest BCUT2D eigenvalue weighted by molar-refractivity contribution is 0.306. The molecule has 104 valence electrons. The largest absolute Gasteiger partial charge is 0.489 e. The zero-order chi connectivity index (χ0) is 14.5. The smallest absolute Gasteiger partial charge is 0.119 e. The summed E-state index contributed by atoms with van der Waals surface area (Å²) in [5.74, 6) is 0.898. The summed E-state index contributed by atoms with van der Waals surface area (Å²) in [7, 11) is 0. The fourth-order valence-corrected chi connectivity index (χ4v) is 2.23. The van der Waals surface area contributed by atoms with Gasteiger partial charge in [0.05, 0.1) is 0 Å². The minimum atomic E-state index is 0.602. The number of hydrogen-bond donors (Lipinski definition) is 0. The molecule has 0 aromatic heterocycles. The van der Waals surface area contributed by atoms with Crippen molar-refractivity contribution < 1.29 is 4.74 Å². The van der Waals surface area contributed by atoms with Crippen molar-refractivity contribution in [3.8, 4) is 16.9 Å². The highest BCUT2D eigenvalue weighted by Gasteiger charge is 1.99. The topological polar surface area (TPSA) is 9.23 Å². The molecule has 1 nitrogen and oxygen atoms in total. The number of rotatable bonds is 4. The lowest BCUT2D eigenvalue weighted by Gasteiger charge is -2.08. The quantitative estimate of drug-likeness (QED) is 0.632. The Labute approximate surface area is 125 Å². The van der Waals surface area contributed by atoms with Crippen LogP contribution >= 0.6 is 0 Å². The third kappa shape index (κ3) is 3.51. The molecule has 0 aliphatic heterocycles. The second kappa shape index (κ2) is 6.27. The average Bonchev–Trinajstić information content (AvgIpc) is 2.56. The highest BCUT2D eigenvalue weighted by molar-refractivity contribution is 5.63. The molecule has 0 atom stereocenters. The van der Waals surface area contributed by atoms with Crippen LogP contribution in [0.15, 0.2) is 78.9 Å². The lowest BCUT2D eigenvalue weighted by atomic mass is 10.1. The van der Waals surface area contributed by atoms with E-state index in [2.05, 4.69) is 67.6 Å². The number of hydrogen-bond acceptors (Lipinski definition) is 1. The van der Waals surface area contributed by atoms with Gasteiger partial charge in [0.25, 0.3) is 0 Å². The normalized spacial score (nSPS) is 10.3. The van der Waals surface area contributed by atoms with Crippen molar-refractivity contribution in [2.75, 3.05) is 0 Å². The van der Waals surface area contributed by atoms with E-state index in [1.54, 1.807) is 0 Å². The summed E-state index contributed by atoms with van der Waals surface area (Å²) in [4.78, 5) is 0. The zero-order valence-corrected chi connectivity index (χ0v) is 12.1. The zero-order valence-electron chi connectivity index (χ0n) is 12.1. The van der Waals surface area contributed by atoms with Gasteiger partial charge in [-0.25, -0.2) is 0 Å². The maximum atomic E-state index is 5.82. The molecule has 0 saturated carbocycles. The van der Waals surface area contributed by atoms with Gasteiger partial charge in [0.2, 0.25) is 0 Å². The van der Waals surface area contributed by atoms with Crippen molar-refractivity contribution in [2.45, 2.75) is 13.5 Å². The first-order chi connectivity index (χ1) is 10.3. The summed E-state index contributed by atoms with van der Waals surface area (Å²) in [6.07, 6.45) is 0. The van der Waals surface area contributed by atoms with Crippen LogP contribution in [0.4, 0.5) is 0 Å². The molecule has 0 N–H and O–H groups in total. The number of benzene rings is 3. The van der Waals surface area contributed by atoms with Gasteiger partial charge in [0.1, 0.15) is 12.4 Å². The van der Waals surface area contributed by atoms with Crippen molar-refractivity contribution >= 4 is 0 Å². The van der Waals surface area contributed by atoms with Crippen LogP contribution in [-0.2, 0) is 6.61 Å². The Bertz CT molecular complexity index is 682. The monoisotopic (exact) mass is 274 g/mol. The van der Waals surface area contributed by atoms with E-state index in [9.17, 15) is 0 Å². The van der Waals surface area contributed by atoms with Gasteiger partial charge in [-0.15, -0.1) is 0 Å². The third-order valence-electron chi connectivity index (χ3n) is 3.49. The molecule has 0 amide bonds. The standard InChI is InChI=1S/C20H18O/c1-16-7-9-17(10-8-16)15-21-20-13-11-19(12-14-20)18-5-3-2-4-6-18/h2-14H,15H2,1H3. The van der Waals surface area contributed by atoms with Crippen LogP contribution in [0, 0.1) is 6.92 Å². The maximum absolute atomic E-state index is 5.82. The highest BCUT2D eigenvalue weighted by atomic mass is 16.5. The molecule has 21 heavy (non-hydrogen) atoms. The van der Waals surface area contributed by atoms with Gasteiger partial charge >= 0.3 is 0 Å². The highest BCUT2D eigenvalue weighted by Crippen LogP contribution is 2.22. The molecule has 0 unspecified atom stereocenters. The Morgan fingerprint density at radius 2 is 1.29 bits per heavy atom. The Hall–Kier alpha value is -2.54. The van der Waals surface area contributed by atoms with Gasteiger partial charge in [-0.2, -0.15) is 0 Å². The number of aryl methyl sites for hydroxylation is 1. The van der Waals surface area contributed by atoms with Crippen LogP contribution in [0.2, 0.25) is 0 Å². The predicted octanol–water partition coefficient (Wildman–Crippen LogP) is 5.24. The summed E-state index contributed by atoms with van der Waals surface area (Å²) in [5.41, 5.74) is 4.89. The Morgan fingerprint density at radius 3 is 1.95 bits per heavy atom. The molecule has 3 rings (SSSR count). The summed E-state index contributed by atoms with van der Waals surface area (Å²) in [6.45, 7) is 2.69. The molecule has 3 aromatic carbocycles. The van der Waals surface area contributed by atoms with E-state index in [4.69, 9.17) is 4.74 Å². The molecule has 0 saturated heterocycles. The van der Waals surface area contributed by atoms with E-state index >= 15 is 0 Å². The van der Waals surface area contributed by atoms with Crippen LogP contribution in [0.1, 0.15) is 11.1 Å². The minimum absolute atomic E-state index is 0.602. The first-order valence-corrected chi connectivity index (χ1v) is 7.15. The molecule has 0 aliphatic carbocycles. The molecular weight excluding hydrogens is 256 g/mol. The summed E-state index contributed by atoms with van der Waals surface area (Å²) in [6, 6.07) is 27.0. The van der Waals surface area contributed by atoms with Crippen molar-refractivity contribution in [1.29, 1.82) is 0 Å². The van der Waals surface area contributed by atoms with Crippen LogP contribution in [-0.4, -0.2) is 0 Å². The molecule has 0 bridgehead atoms. The minimum Gasteiger partial charge on any atom is -0.489 e. The second-order valence-electron chi connectivity index (χ2n) is 5.16. The summed E-state index contributed by atoms with van der Waals surface area (Å²) < 4.78 is 5.82. The van der Waals surface area contributed by atoms with Gasteiger partial charge < -0.3 is 4.74 Å². The van der Waals surface area contributed by atoms with Crippen LogP contribution in [0.3, 0.4) is 0 Å². The molecule has 0 heterocycles. The summed E-state index contributed by atoms with van der Waals surface area (Å²) in [5, 5.41) is 0. The number of ether oxygens (including phenoxy) is 1. The SMILES string of the molecule is Cc1ccc(COc2ccc(-c3ccccc3)cc2)cc1. The van der Waals surface area contributed by atoms with E-state index in [-0.39, 0.29) is 0 Å². The summed E-state index contributed by atoms with van der Waals surface area (Å²) >= 11 is 0. The van der Waals surface area contributed by atoms with E-state index in [0.717, 1.165) is 5.75 Å². The molecule has 0 radical (unpaired) electrons. The van der Waals surface area contributed by atoms with Crippen LogP contribution in [0.5, 0.6) is 5.75 Å². The average molecular weight is 274 g/mol. The molecular formula is C20H18O. The van der Waals surface area contributed by atoms with E-state index in [0.29, 0.717) is 6.61 Å². The Morgan fingerprint density at radius 1 is 0.667 bits per heavy atom. The molecule has 0 fully saturated rings. The van der Waals surface area contributed by atoms with Crippen molar-refractivity contribution in [3.05, 3.63) is 90.0 Å².